The molecule has 2 heterocycles. The number of carbonyl (C=O) groups excluding carboxylic acids is 1. The van der Waals surface area contributed by atoms with Crippen LogP contribution in [0.3, 0.4) is 0 Å². The van der Waals surface area contributed by atoms with Gasteiger partial charge in [-0.05, 0) is 26.8 Å². The zero-order chi connectivity index (χ0) is 10.2. The van der Waals surface area contributed by atoms with Crippen molar-refractivity contribution in [3.05, 3.63) is 0 Å². The van der Waals surface area contributed by atoms with Crippen molar-refractivity contribution in [2.75, 3.05) is 25.4 Å². The highest BCUT2D eigenvalue weighted by Crippen LogP contribution is 2.30. The van der Waals surface area contributed by atoms with Crippen LogP contribution in [0.2, 0.25) is 0 Å². The van der Waals surface area contributed by atoms with E-state index in [2.05, 4.69) is 19.2 Å². The number of hydrogen-bond acceptors (Lipinski definition) is 3. The Morgan fingerprint density at radius 3 is 2.79 bits per heavy atom. The smallest absolute Gasteiger partial charge is 0.239 e. The maximum atomic E-state index is 11.9. The minimum atomic E-state index is 0.119. The van der Waals surface area contributed by atoms with Crippen LogP contribution in [0.15, 0.2) is 0 Å². The Morgan fingerprint density at radius 1 is 1.57 bits per heavy atom. The maximum Gasteiger partial charge on any atom is 0.239 e. The quantitative estimate of drug-likeness (QED) is 0.697. The lowest BCUT2D eigenvalue weighted by Crippen LogP contribution is -2.57. The first-order chi connectivity index (χ1) is 6.58. The van der Waals surface area contributed by atoms with Gasteiger partial charge in [0, 0.05) is 23.6 Å². The average Bonchev–Trinajstić information content (AvgIpc) is 1.99. The van der Waals surface area contributed by atoms with Crippen LogP contribution in [0.4, 0.5) is 0 Å². The summed E-state index contributed by atoms with van der Waals surface area (Å²) < 4.78 is 0.234. The Hall–Kier alpha value is -0.220. The third kappa shape index (κ3) is 2.06. The molecule has 14 heavy (non-hydrogen) atoms. The molecule has 0 aromatic carbocycles. The molecule has 2 fully saturated rings. The first-order valence-electron chi connectivity index (χ1n) is 5.25. The van der Waals surface area contributed by atoms with E-state index in [9.17, 15) is 4.79 Å². The molecule has 2 aliphatic rings. The number of amides is 1. The van der Waals surface area contributed by atoms with E-state index in [4.69, 9.17) is 0 Å². The molecule has 4 heteroatoms. The van der Waals surface area contributed by atoms with Crippen molar-refractivity contribution in [2.24, 2.45) is 0 Å². The predicted molar refractivity (Wildman–Crippen MR) is 59.5 cm³/mol. The topological polar surface area (TPSA) is 32.3 Å². The van der Waals surface area contributed by atoms with Gasteiger partial charge in [0.2, 0.25) is 5.91 Å². The minimum Gasteiger partial charge on any atom is -0.339 e. The summed E-state index contributed by atoms with van der Waals surface area (Å²) in [7, 11) is 0. The molecule has 3 nitrogen and oxygen atoms in total. The zero-order valence-electron chi connectivity index (χ0n) is 8.88. The first kappa shape index (κ1) is 10.3. The number of hydrogen-bond donors (Lipinski definition) is 1. The van der Waals surface area contributed by atoms with Crippen LogP contribution in [-0.2, 0) is 4.79 Å². The molecule has 1 unspecified atom stereocenters. The predicted octanol–water partition coefficient (Wildman–Crippen LogP) is 0.702. The fourth-order valence-corrected chi connectivity index (χ4v) is 3.04. The summed E-state index contributed by atoms with van der Waals surface area (Å²) in [6.45, 7) is 7.25. The molecule has 0 aromatic rings. The molecule has 2 saturated heterocycles. The maximum absolute atomic E-state index is 11.9. The Morgan fingerprint density at radius 2 is 2.29 bits per heavy atom. The van der Waals surface area contributed by atoms with Crippen LogP contribution < -0.4 is 5.32 Å². The number of nitrogens with zero attached hydrogens (tertiary/aromatic N) is 1. The molecular weight excluding hydrogens is 196 g/mol. The molecular formula is C10H18N2OS. The summed E-state index contributed by atoms with van der Waals surface area (Å²) >= 11 is 1.96. The highest BCUT2D eigenvalue weighted by Gasteiger charge is 2.34. The zero-order valence-corrected chi connectivity index (χ0v) is 9.69. The Kier molecular flexibility index (Phi) is 2.75. The van der Waals surface area contributed by atoms with Gasteiger partial charge in [0.25, 0.3) is 0 Å². The second-order valence-electron chi connectivity index (χ2n) is 4.66. The Bertz CT molecular complexity index is 238. The van der Waals surface area contributed by atoms with Crippen LogP contribution in [-0.4, -0.2) is 47.0 Å². The summed E-state index contributed by atoms with van der Waals surface area (Å²) in [4.78, 5) is 13.9. The summed E-state index contributed by atoms with van der Waals surface area (Å²) in [6.07, 6.45) is 1.02. The van der Waals surface area contributed by atoms with Crippen molar-refractivity contribution in [3.8, 4) is 0 Å². The molecule has 1 amide bonds. The highest BCUT2D eigenvalue weighted by atomic mass is 32.2. The van der Waals surface area contributed by atoms with Gasteiger partial charge in [0.05, 0.1) is 6.04 Å². The van der Waals surface area contributed by atoms with E-state index in [1.807, 2.05) is 16.7 Å². The van der Waals surface area contributed by atoms with Crippen molar-refractivity contribution in [2.45, 2.75) is 31.1 Å². The van der Waals surface area contributed by atoms with Crippen molar-refractivity contribution < 1.29 is 4.79 Å². The molecule has 2 rings (SSSR count). The van der Waals surface area contributed by atoms with E-state index in [0.29, 0.717) is 5.91 Å². The third-order valence-electron chi connectivity index (χ3n) is 2.86. The normalized spacial score (nSPS) is 31.0. The van der Waals surface area contributed by atoms with Crippen molar-refractivity contribution in [3.63, 3.8) is 0 Å². The number of nitrogens with one attached hydrogen (secondary N) is 1. The molecule has 0 spiro atoms. The molecule has 0 aliphatic carbocycles. The van der Waals surface area contributed by atoms with Gasteiger partial charge in [0.1, 0.15) is 0 Å². The fourth-order valence-electron chi connectivity index (χ4n) is 1.92. The van der Waals surface area contributed by atoms with E-state index >= 15 is 0 Å². The van der Waals surface area contributed by atoms with Crippen molar-refractivity contribution in [1.29, 1.82) is 0 Å². The second kappa shape index (κ2) is 3.74. The lowest BCUT2D eigenvalue weighted by Gasteiger charge is -2.40. The van der Waals surface area contributed by atoms with E-state index in [1.54, 1.807) is 0 Å². The van der Waals surface area contributed by atoms with Gasteiger partial charge in [0.15, 0.2) is 0 Å². The fraction of sp³-hybridized carbons (Fsp3) is 0.900. The SMILES string of the molecule is CC1(C)CN(C(=O)C2CCN2)CCS1. The van der Waals surface area contributed by atoms with Crippen LogP contribution >= 0.6 is 11.8 Å². The van der Waals surface area contributed by atoms with Gasteiger partial charge in [-0.15, -0.1) is 0 Å². The van der Waals surface area contributed by atoms with Gasteiger partial charge < -0.3 is 10.2 Å². The highest BCUT2D eigenvalue weighted by molar-refractivity contribution is 8.00. The van der Waals surface area contributed by atoms with Crippen LogP contribution in [0, 0.1) is 0 Å². The first-order valence-corrected chi connectivity index (χ1v) is 6.23. The second-order valence-corrected chi connectivity index (χ2v) is 6.47. The Balaban J connectivity index is 1.93. The van der Waals surface area contributed by atoms with E-state index in [-0.39, 0.29) is 10.8 Å². The number of rotatable bonds is 1. The van der Waals surface area contributed by atoms with Gasteiger partial charge in [-0.25, -0.2) is 0 Å². The summed E-state index contributed by atoms with van der Waals surface area (Å²) in [5.74, 6) is 1.38. The summed E-state index contributed by atoms with van der Waals surface area (Å²) in [6, 6.07) is 0.119. The standard InChI is InChI=1S/C10H18N2OS/c1-10(2)7-12(5-6-14-10)9(13)8-3-4-11-8/h8,11H,3-7H2,1-2H3. The monoisotopic (exact) mass is 214 g/mol. The molecule has 1 N–H and O–H groups in total. The molecule has 0 aromatic heterocycles. The van der Waals surface area contributed by atoms with Gasteiger partial charge in [-0.2, -0.15) is 11.8 Å². The van der Waals surface area contributed by atoms with Crippen molar-refractivity contribution in [1.82, 2.24) is 10.2 Å². The Labute approximate surface area is 89.6 Å². The average molecular weight is 214 g/mol. The van der Waals surface area contributed by atoms with Crippen LogP contribution in [0.25, 0.3) is 0 Å². The van der Waals surface area contributed by atoms with Gasteiger partial charge >= 0.3 is 0 Å². The number of thioether (sulfide) groups is 1. The summed E-state index contributed by atoms with van der Waals surface area (Å²) in [5, 5.41) is 3.17. The van der Waals surface area contributed by atoms with E-state index < -0.39 is 0 Å². The lowest BCUT2D eigenvalue weighted by atomic mass is 10.0. The van der Waals surface area contributed by atoms with Crippen molar-refractivity contribution >= 4 is 17.7 Å². The molecule has 0 saturated carbocycles. The summed E-state index contributed by atoms with van der Waals surface area (Å²) in [5.41, 5.74) is 0. The van der Waals surface area contributed by atoms with Gasteiger partial charge in [-0.3, -0.25) is 4.79 Å². The lowest BCUT2D eigenvalue weighted by molar-refractivity contribution is -0.135. The van der Waals surface area contributed by atoms with Crippen LogP contribution in [0.5, 0.6) is 0 Å². The molecule has 0 radical (unpaired) electrons. The number of carbonyl (C=O) groups is 1. The molecule has 0 bridgehead atoms. The molecule has 2 aliphatic heterocycles. The van der Waals surface area contributed by atoms with E-state index in [0.717, 1.165) is 31.8 Å². The molecule has 80 valence electrons. The molecule has 1 atom stereocenters. The van der Waals surface area contributed by atoms with Crippen LogP contribution in [0.1, 0.15) is 20.3 Å². The third-order valence-corrected chi connectivity index (χ3v) is 4.16. The minimum absolute atomic E-state index is 0.119. The van der Waals surface area contributed by atoms with Gasteiger partial charge in [-0.1, -0.05) is 0 Å². The largest absolute Gasteiger partial charge is 0.339 e. The van der Waals surface area contributed by atoms with E-state index in [1.165, 1.54) is 0 Å².